The SMILES string of the molecule is CC(C)(C)C(=O)c1cc(O)c(O)c(O)c1.CC(C)(C)OC(=O)c1cc(O)c(O)c(O)c1-c1c(C(=O)OC(C)(C)C)cc(O)c(O)c1O.CC(C)(C)OC(=O)c1cc(O)c(O)c(O)c1-c1c(O)c(O)c(O)c(-c2c(O)c(O)c(O)c(C(C)(C)C)c2C(=O)OC(C)(C)C)c1C(=O)OC(C)(C)C. The highest BCUT2D eigenvalue weighted by atomic mass is 16.6. The summed E-state index contributed by atoms with van der Waals surface area (Å²) in [5.41, 5.74) is -16.8. The van der Waals surface area contributed by atoms with Gasteiger partial charge in [-0.3, -0.25) is 4.79 Å². The van der Waals surface area contributed by atoms with Crippen molar-refractivity contribution in [2.45, 2.75) is 179 Å². The highest BCUT2D eigenvalue weighted by Gasteiger charge is 2.44. The number of ether oxygens (including phenoxy) is 5. The van der Waals surface area contributed by atoms with Crippen LogP contribution in [0, 0.1) is 5.41 Å². The van der Waals surface area contributed by atoms with E-state index in [1.54, 1.807) is 62.3 Å². The molecule has 0 spiro atoms. The number of rotatable bonds is 9. The molecule has 0 unspecified atom stereocenters. The molecule has 0 bridgehead atoms. The van der Waals surface area contributed by atoms with E-state index in [9.17, 15) is 116 Å². The molecule has 540 valence electrons. The Hall–Kier alpha value is -11.3. The number of aromatic hydroxyl groups is 18. The summed E-state index contributed by atoms with van der Waals surface area (Å²) in [5, 5.41) is 189. The van der Waals surface area contributed by atoms with Crippen LogP contribution in [0.25, 0.3) is 33.4 Å². The van der Waals surface area contributed by atoms with Crippen molar-refractivity contribution in [3.8, 4) is 137 Å². The molecule has 0 radical (unpaired) electrons. The van der Waals surface area contributed by atoms with Gasteiger partial charge >= 0.3 is 29.8 Å². The van der Waals surface area contributed by atoms with Gasteiger partial charge in [0.15, 0.2) is 80.5 Å². The Morgan fingerprint density at radius 2 is 0.475 bits per heavy atom. The van der Waals surface area contributed by atoms with Gasteiger partial charge in [0.05, 0.1) is 27.8 Å². The zero-order valence-corrected chi connectivity index (χ0v) is 58.4. The molecule has 0 aliphatic carbocycles. The maximum atomic E-state index is 14.3. The van der Waals surface area contributed by atoms with Crippen molar-refractivity contribution < 1.29 is 144 Å². The lowest BCUT2D eigenvalue weighted by molar-refractivity contribution is 0.00529. The second kappa shape index (κ2) is 27.7. The lowest BCUT2D eigenvalue weighted by atomic mass is 9.77. The lowest BCUT2D eigenvalue weighted by Crippen LogP contribution is -2.28. The van der Waals surface area contributed by atoms with Crippen molar-refractivity contribution in [3.05, 3.63) is 69.3 Å². The number of phenols is 18. The smallest absolute Gasteiger partial charge is 0.340 e. The first-order chi connectivity index (χ1) is 44.5. The van der Waals surface area contributed by atoms with E-state index in [1.165, 1.54) is 83.1 Å². The van der Waals surface area contributed by atoms with Gasteiger partial charge < -0.3 is 116 Å². The molecule has 29 nitrogen and oxygen atoms in total. The maximum Gasteiger partial charge on any atom is 0.340 e. The number of hydrogen-bond donors (Lipinski definition) is 18. The topological polar surface area (TPSA) is 513 Å². The van der Waals surface area contributed by atoms with Crippen LogP contribution >= 0.6 is 0 Å². The first kappa shape index (κ1) is 80.2. The standard InChI is InChI=1S/C37H46O15.C22H26O10.C11H14O4/c1-34(2,3)22-21(33(49)52-37(10,11)12)19(27(43)30(46)28(22)44)18-20(32(48)51-36(7,8)9)17(25(41)29(45)26(18)42)16-14(31(47)50-35(4,5)6)13-15(38)23(39)24(16)40;1-21(2,3)31-19(29)9-7-11(23)15(25)17(27)13(9)14-10(20(30)32-22(4,5)6)8-12(24)16(26)18(14)28;1-11(2,3)10(15)6-4-7(12)9(14)8(13)5-6/h13,38-46H,1-12H3;7-8,23-28H,1-6H3;4-5,12-14H,1-3H3. The number of Topliss-reactive ketones (excluding diaryl/α,β-unsaturated/α-hetero) is 1. The van der Waals surface area contributed by atoms with E-state index < -0.39 is 233 Å². The summed E-state index contributed by atoms with van der Waals surface area (Å²) in [6, 6.07) is 4.45. The molecule has 0 saturated carbocycles. The van der Waals surface area contributed by atoms with E-state index >= 15 is 0 Å². The predicted octanol–water partition coefficient (Wildman–Crippen LogP) is 12.1. The summed E-state index contributed by atoms with van der Waals surface area (Å²) >= 11 is 0. The highest BCUT2D eigenvalue weighted by molar-refractivity contribution is 6.16. The summed E-state index contributed by atoms with van der Waals surface area (Å²) in [4.78, 5) is 79.4. The highest BCUT2D eigenvalue weighted by Crippen LogP contribution is 2.61. The molecule has 29 heteroatoms. The second-order valence-electron chi connectivity index (χ2n) is 29.6. The zero-order valence-electron chi connectivity index (χ0n) is 58.4. The Labute approximate surface area is 568 Å². The molecule has 0 aliphatic rings. The third kappa shape index (κ3) is 18.1. The van der Waals surface area contributed by atoms with Crippen molar-refractivity contribution in [1.29, 1.82) is 0 Å². The molecule has 18 N–H and O–H groups in total. The summed E-state index contributed by atoms with van der Waals surface area (Å²) in [6.45, 7) is 32.2. The van der Waals surface area contributed by atoms with Gasteiger partial charge in [-0.15, -0.1) is 0 Å². The van der Waals surface area contributed by atoms with Gasteiger partial charge in [-0.05, 0) is 140 Å². The van der Waals surface area contributed by atoms with Crippen LogP contribution in [0.4, 0.5) is 0 Å². The van der Waals surface area contributed by atoms with E-state index in [1.807, 2.05) is 0 Å². The summed E-state index contributed by atoms with van der Waals surface area (Å²) in [5.74, 6) is -25.5. The lowest BCUT2D eigenvalue weighted by Gasteiger charge is -2.30. The third-order valence-electron chi connectivity index (χ3n) is 13.2. The number of esters is 5. The molecule has 0 fully saturated rings. The molecule has 0 amide bonds. The molecule has 6 aromatic carbocycles. The number of ketones is 1. The van der Waals surface area contributed by atoms with Crippen LogP contribution in [0.15, 0.2) is 30.3 Å². The monoisotopic (exact) mass is 1390 g/mol. The van der Waals surface area contributed by atoms with Crippen LogP contribution in [0.3, 0.4) is 0 Å². The van der Waals surface area contributed by atoms with Crippen molar-refractivity contribution in [3.63, 3.8) is 0 Å². The summed E-state index contributed by atoms with van der Waals surface area (Å²) in [6.07, 6.45) is 0. The van der Waals surface area contributed by atoms with E-state index in [2.05, 4.69) is 0 Å². The molecular formula is C70H86O29. The number of carbonyl (C=O) groups is 6. The molecule has 6 aromatic rings. The summed E-state index contributed by atoms with van der Waals surface area (Å²) in [7, 11) is 0. The van der Waals surface area contributed by atoms with Gasteiger partial charge in [-0.2, -0.15) is 0 Å². The van der Waals surface area contributed by atoms with Crippen molar-refractivity contribution in [2.24, 2.45) is 5.41 Å². The van der Waals surface area contributed by atoms with Crippen molar-refractivity contribution in [2.75, 3.05) is 0 Å². The van der Waals surface area contributed by atoms with E-state index in [4.69, 9.17) is 28.8 Å². The van der Waals surface area contributed by atoms with Gasteiger partial charge in [0, 0.05) is 49.9 Å². The number of benzene rings is 6. The largest absolute Gasteiger partial charge is 0.504 e. The second-order valence-corrected chi connectivity index (χ2v) is 29.6. The van der Waals surface area contributed by atoms with Gasteiger partial charge in [0.25, 0.3) is 0 Å². The van der Waals surface area contributed by atoms with Gasteiger partial charge in [0.2, 0.25) is 28.7 Å². The van der Waals surface area contributed by atoms with Crippen molar-refractivity contribution >= 4 is 35.6 Å². The van der Waals surface area contributed by atoms with Gasteiger partial charge in [-0.1, -0.05) is 41.5 Å². The van der Waals surface area contributed by atoms with Crippen molar-refractivity contribution in [1.82, 2.24) is 0 Å². The number of phenolic OH excluding ortho intramolecular Hbond substituents is 18. The maximum absolute atomic E-state index is 14.3. The molecule has 0 heterocycles. The predicted molar refractivity (Wildman–Crippen MR) is 354 cm³/mol. The average molecular weight is 1390 g/mol. The first-order valence-corrected chi connectivity index (χ1v) is 29.9. The van der Waals surface area contributed by atoms with Crippen LogP contribution in [0.5, 0.6) is 103 Å². The molecule has 99 heavy (non-hydrogen) atoms. The fourth-order valence-electron chi connectivity index (χ4n) is 9.29. The minimum absolute atomic E-state index is 0.176. The minimum atomic E-state index is -1.48. The van der Waals surface area contributed by atoms with Crippen LogP contribution in [0.1, 0.15) is 213 Å². The summed E-state index contributed by atoms with van der Waals surface area (Å²) < 4.78 is 27.1. The zero-order chi connectivity index (χ0) is 76.9. The fraction of sp³-hybridized carbons (Fsp3) is 0.400. The quantitative estimate of drug-likeness (QED) is 0.0277. The van der Waals surface area contributed by atoms with Gasteiger partial charge in [-0.25, -0.2) is 24.0 Å². The number of hydrogen-bond acceptors (Lipinski definition) is 29. The number of carbonyl (C=O) groups excluding carboxylic acids is 6. The Morgan fingerprint density at radius 3 is 0.747 bits per heavy atom. The van der Waals surface area contributed by atoms with Crippen LogP contribution < -0.4 is 0 Å². The van der Waals surface area contributed by atoms with E-state index in [0.717, 1.165) is 24.3 Å². The normalized spacial score (nSPS) is 12.1. The average Bonchev–Trinajstić information content (AvgIpc) is 0.718. The molecule has 0 atom stereocenters. The van der Waals surface area contributed by atoms with Crippen LogP contribution in [0.2, 0.25) is 0 Å². The van der Waals surface area contributed by atoms with Crippen LogP contribution in [-0.4, -0.2) is 156 Å². The van der Waals surface area contributed by atoms with E-state index in [-0.39, 0.29) is 16.9 Å². The van der Waals surface area contributed by atoms with Gasteiger partial charge in [0.1, 0.15) is 28.0 Å². The molecular weight excluding hydrogens is 1300 g/mol. The Bertz CT molecular complexity index is 4130. The molecule has 6 rings (SSSR count). The Balaban J connectivity index is 0.000000371. The fourth-order valence-corrected chi connectivity index (χ4v) is 9.29. The van der Waals surface area contributed by atoms with Crippen LogP contribution in [-0.2, 0) is 29.1 Å². The third-order valence-corrected chi connectivity index (χ3v) is 13.2. The molecule has 0 saturated heterocycles. The molecule has 0 aromatic heterocycles. The molecule has 0 aliphatic heterocycles. The Morgan fingerprint density at radius 1 is 0.253 bits per heavy atom. The first-order valence-electron chi connectivity index (χ1n) is 29.9. The van der Waals surface area contributed by atoms with E-state index in [0.29, 0.717) is 6.07 Å². The Kier molecular flexibility index (Phi) is 22.4. The minimum Gasteiger partial charge on any atom is -0.504 e.